The number of carbonyl (C=O) groups excluding carboxylic acids is 3. The van der Waals surface area contributed by atoms with E-state index < -0.39 is 0 Å². The Morgan fingerprint density at radius 1 is 1.07 bits per heavy atom. The Balaban J connectivity index is 1.28. The molecule has 1 saturated carbocycles. The minimum Gasteiger partial charge on any atom is -0.360 e. The maximum absolute atomic E-state index is 12.0. The van der Waals surface area contributed by atoms with Crippen molar-refractivity contribution < 1.29 is 14.4 Å². The highest BCUT2D eigenvalue weighted by molar-refractivity contribution is 5.82. The van der Waals surface area contributed by atoms with Crippen molar-refractivity contribution in [1.82, 2.24) is 21.3 Å². The van der Waals surface area contributed by atoms with Crippen molar-refractivity contribution in [3.63, 3.8) is 0 Å². The second-order valence-electron chi connectivity index (χ2n) is 8.05. The predicted octanol–water partition coefficient (Wildman–Crippen LogP) is 1.65. The predicted molar refractivity (Wildman–Crippen MR) is 116 cm³/mol. The van der Waals surface area contributed by atoms with Crippen LogP contribution in [0, 0.1) is 0 Å². The third-order valence-corrected chi connectivity index (χ3v) is 5.64. The summed E-state index contributed by atoms with van der Waals surface area (Å²) in [5.41, 5.74) is 2.02. The van der Waals surface area contributed by atoms with Crippen LogP contribution in [0.3, 0.4) is 0 Å². The normalized spacial score (nSPS) is 17.2. The Bertz CT molecular complexity index is 716. The zero-order chi connectivity index (χ0) is 21.2. The molecule has 8 nitrogen and oxygen atoms in total. The molecule has 1 aromatic rings. The van der Waals surface area contributed by atoms with Crippen molar-refractivity contribution in [2.45, 2.75) is 57.5 Å². The Labute approximate surface area is 178 Å². The highest BCUT2D eigenvalue weighted by atomic mass is 16.2. The van der Waals surface area contributed by atoms with Gasteiger partial charge in [0, 0.05) is 44.3 Å². The minimum atomic E-state index is -0.131. The molecule has 1 aromatic carbocycles. The summed E-state index contributed by atoms with van der Waals surface area (Å²) in [6, 6.07) is 8.07. The van der Waals surface area contributed by atoms with Gasteiger partial charge in [-0.1, -0.05) is 31.4 Å². The molecule has 2 aliphatic rings. The number of benzene rings is 1. The van der Waals surface area contributed by atoms with Crippen LogP contribution in [0.1, 0.15) is 50.5 Å². The zero-order valence-electron chi connectivity index (χ0n) is 17.5. The van der Waals surface area contributed by atoms with Gasteiger partial charge in [0.1, 0.15) is 0 Å². The second kappa shape index (κ2) is 11.4. The topological polar surface area (TPSA) is 103 Å². The van der Waals surface area contributed by atoms with Crippen LogP contribution in [-0.2, 0) is 16.1 Å². The van der Waals surface area contributed by atoms with Gasteiger partial charge in [0.05, 0.1) is 6.54 Å². The largest absolute Gasteiger partial charge is 0.360 e. The maximum Gasteiger partial charge on any atom is 0.315 e. The van der Waals surface area contributed by atoms with E-state index in [4.69, 9.17) is 0 Å². The van der Waals surface area contributed by atoms with Crippen LogP contribution in [0.25, 0.3) is 0 Å². The van der Waals surface area contributed by atoms with Crippen molar-refractivity contribution >= 4 is 23.5 Å². The number of nitrogens with one attached hydrogen (secondary N) is 4. The maximum atomic E-state index is 12.0. The fourth-order valence-electron chi connectivity index (χ4n) is 3.91. The lowest BCUT2D eigenvalue weighted by atomic mass is 9.96. The van der Waals surface area contributed by atoms with E-state index in [-0.39, 0.29) is 17.8 Å². The summed E-state index contributed by atoms with van der Waals surface area (Å²) >= 11 is 0. The molecule has 0 radical (unpaired) electrons. The number of nitrogens with zero attached hydrogens (tertiary/aromatic N) is 1. The Kier molecular flexibility index (Phi) is 8.35. The zero-order valence-corrected chi connectivity index (χ0v) is 17.5. The van der Waals surface area contributed by atoms with Crippen LogP contribution in [-0.4, -0.2) is 50.1 Å². The fourth-order valence-corrected chi connectivity index (χ4v) is 3.91. The molecule has 0 atom stereocenters. The number of amides is 4. The van der Waals surface area contributed by atoms with Gasteiger partial charge in [0.15, 0.2) is 0 Å². The van der Waals surface area contributed by atoms with Crippen LogP contribution in [0.15, 0.2) is 24.3 Å². The molecule has 0 aromatic heterocycles. The summed E-state index contributed by atoms with van der Waals surface area (Å²) in [6.45, 7) is 2.80. The number of anilines is 1. The summed E-state index contributed by atoms with van der Waals surface area (Å²) in [5, 5.41) is 11.6. The van der Waals surface area contributed by atoms with E-state index >= 15 is 0 Å². The van der Waals surface area contributed by atoms with Crippen LogP contribution in [0.4, 0.5) is 10.5 Å². The number of rotatable bonds is 8. The first-order chi connectivity index (χ1) is 14.6. The Hall–Kier alpha value is -2.77. The molecular weight excluding hydrogens is 382 g/mol. The molecule has 8 heteroatoms. The van der Waals surface area contributed by atoms with Gasteiger partial charge in [-0.25, -0.2) is 4.79 Å². The third-order valence-electron chi connectivity index (χ3n) is 5.64. The second-order valence-corrected chi connectivity index (χ2v) is 8.05. The van der Waals surface area contributed by atoms with E-state index in [2.05, 4.69) is 21.3 Å². The average molecular weight is 416 g/mol. The number of piperazine rings is 1. The average Bonchev–Trinajstić information content (AvgIpc) is 2.76. The molecule has 4 N–H and O–H groups in total. The lowest BCUT2D eigenvalue weighted by Gasteiger charge is -2.28. The van der Waals surface area contributed by atoms with E-state index in [1.54, 1.807) is 0 Å². The first-order valence-electron chi connectivity index (χ1n) is 11.0. The van der Waals surface area contributed by atoms with E-state index in [0.29, 0.717) is 45.1 Å². The highest BCUT2D eigenvalue weighted by Gasteiger charge is 2.16. The first-order valence-corrected chi connectivity index (χ1v) is 11.0. The molecule has 1 saturated heterocycles. The van der Waals surface area contributed by atoms with Crippen molar-refractivity contribution in [3.8, 4) is 0 Å². The number of hydrogen-bond donors (Lipinski definition) is 4. The quantitative estimate of drug-likeness (QED) is 0.485. The molecule has 0 bridgehead atoms. The summed E-state index contributed by atoms with van der Waals surface area (Å²) in [6.07, 6.45) is 6.74. The standard InChI is InChI=1S/C22H33N5O3/c28-20(7-4-12-24-22(30)26-18-5-2-1-3-6-18)25-15-17-8-10-19(11-9-17)27-14-13-23-21(29)16-27/h8-11,18H,1-7,12-16H2,(H,23,29)(H,25,28)(H2,24,26,30). The SMILES string of the molecule is O=C(CCCNC(=O)NC1CCCCC1)NCc1ccc(N2CCNC(=O)C2)cc1. The van der Waals surface area contributed by atoms with E-state index in [0.717, 1.165) is 30.6 Å². The lowest BCUT2D eigenvalue weighted by molar-refractivity contribution is -0.121. The molecule has 4 amide bonds. The monoisotopic (exact) mass is 415 g/mol. The molecule has 164 valence electrons. The summed E-state index contributed by atoms with van der Waals surface area (Å²) < 4.78 is 0. The van der Waals surface area contributed by atoms with Crippen LogP contribution in [0.2, 0.25) is 0 Å². The van der Waals surface area contributed by atoms with Crippen molar-refractivity contribution in [2.24, 2.45) is 0 Å². The summed E-state index contributed by atoms with van der Waals surface area (Å²) in [5.74, 6) is 0.0137. The molecule has 0 spiro atoms. The minimum absolute atomic E-state index is 0.0266. The Morgan fingerprint density at radius 3 is 2.57 bits per heavy atom. The first kappa shape index (κ1) is 21.9. The number of urea groups is 1. The smallest absolute Gasteiger partial charge is 0.315 e. The van der Waals surface area contributed by atoms with Gasteiger partial charge in [-0.2, -0.15) is 0 Å². The van der Waals surface area contributed by atoms with Crippen LogP contribution < -0.4 is 26.2 Å². The molecule has 3 rings (SSSR count). The summed E-state index contributed by atoms with van der Waals surface area (Å²) in [7, 11) is 0. The van der Waals surface area contributed by atoms with Crippen LogP contribution >= 0.6 is 0 Å². The van der Waals surface area contributed by atoms with Gasteiger partial charge in [-0.15, -0.1) is 0 Å². The van der Waals surface area contributed by atoms with E-state index in [1.807, 2.05) is 29.2 Å². The van der Waals surface area contributed by atoms with Crippen molar-refractivity contribution in [2.75, 3.05) is 31.1 Å². The Morgan fingerprint density at radius 2 is 1.83 bits per heavy atom. The fraction of sp³-hybridized carbons (Fsp3) is 0.591. The molecule has 2 fully saturated rings. The summed E-state index contributed by atoms with van der Waals surface area (Å²) in [4.78, 5) is 37.5. The van der Waals surface area contributed by atoms with Crippen molar-refractivity contribution in [3.05, 3.63) is 29.8 Å². The van der Waals surface area contributed by atoms with Gasteiger partial charge in [0.2, 0.25) is 11.8 Å². The molecular formula is C22H33N5O3. The van der Waals surface area contributed by atoms with E-state index in [1.165, 1.54) is 19.3 Å². The number of hydrogen-bond acceptors (Lipinski definition) is 4. The molecule has 1 aliphatic carbocycles. The molecule has 30 heavy (non-hydrogen) atoms. The number of carbonyl (C=O) groups is 3. The molecule has 1 heterocycles. The van der Waals surface area contributed by atoms with Crippen LogP contribution in [0.5, 0.6) is 0 Å². The molecule has 1 aliphatic heterocycles. The van der Waals surface area contributed by atoms with E-state index in [9.17, 15) is 14.4 Å². The third kappa shape index (κ3) is 7.24. The van der Waals surface area contributed by atoms with Gasteiger partial charge in [0.25, 0.3) is 0 Å². The van der Waals surface area contributed by atoms with Crippen molar-refractivity contribution in [1.29, 1.82) is 0 Å². The van der Waals surface area contributed by atoms with Gasteiger partial charge in [-0.05, 0) is 37.0 Å². The van der Waals surface area contributed by atoms with Gasteiger partial charge in [-0.3, -0.25) is 9.59 Å². The lowest BCUT2D eigenvalue weighted by Crippen LogP contribution is -2.47. The highest BCUT2D eigenvalue weighted by Crippen LogP contribution is 2.17. The van der Waals surface area contributed by atoms with Gasteiger partial charge >= 0.3 is 6.03 Å². The molecule has 0 unspecified atom stereocenters. The van der Waals surface area contributed by atoms with Gasteiger partial charge < -0.3 is 26.2 Å².